The number of nitrogens with one attached hydrogen (secondary N) is 1. The monoisotopic (exact) mass is 349 g/mol. The van der Waals surface area contributed by atoms with E-state index in [2.05, 4.69) is 39.1 Å². The third-order valence-corrected chi connectivity index (χ3v) is 5.37. The molecule has 0 aromatic carbocycles. The highest BCUT2D eigenvalue weighted by molar-refractivity contribution is 8.00. The lowest BCUT2D eigenvalue weighted by Gasteiger charge is -2.37. The number of carbonyl (C=O) groups excluding carboxylic acids is 1. The van der Waals surface area contributed by atoms with E-state index in [4.69, 9.17) is 4.74 Å². The Kier molecular flexibility index (Phi) is 5.05. The maximum Gasteiger partial charge on any atom is 0.340 e. The first-order valence-corrected chi connectivity index (χ1v) is 9.15. The van der Waals surface area contributed by atoms with Crippen LogP contribution in [0.4, 0.5) is 0 Å². The zero-order valence-electron chi connectivity index (χ0n) is 14.3. The molecule has 1 aliphatic heterocycles. The third-order valence-electron chi connectivity index (χ3n) is 4.07. The standard InChI is InChI=1S/C16H23N5O2S/c1-11(4-5-21-6-7-24-16(2,3)10-21)23-15(22)12-8-13-14(17-9-12)19-20-18-13/h8-9,11H,4-7,10H2,1-3H3,(H,17,18,19,20). The summed E-state index contributed by atoms with van der Waals surface area (Å²) in [5, 5.41) is 10.3. The van der Waals surface area contributed by atoms with Gasteiger partial charge in [0.25, 0.3) is 0 Å². The van der Waals surface area contributed by atoms with Gasteiger partial charge < -0.3 is 9.64 Å². The summed E-state index contributed by atoms with van der Waals surface area (Å²) in [5.41, 5.74) is 1.45. The number of aromatic amines is 1. The maximum atomic E-state index is 12.2. The number of hydrogen-bond acceptors (Lipinski definition) is 7. The molecule has 0 saturated carbocycles. The topological polar surface area (TPSA) is 84.0 Å². The van der Waals surface area contributed by atoms with Crippen molar-refractivity contribution in [2.24, 2.45) is 0 Å². The normalized spacial score (nSPS) is 19.3. The zero-order chi connectivity index (χ0) is 17.2. The first-order valence-electron chi connectivity index (χ1n) is 8.17. The third kappa shape index (κ3) is 4.24. The minimum atomic E-state index is -0.366. The first kappa shape index (κ1) is 17.2. The number of H-pyrrole nitrogens is 1. The number of fused-ring (bicyclic) bond motifs is 1. The minimum absolute atomic E-state index is 0.136. The van der Waals surface area contributed by atoms with Crippen LogP contribution in [0.15, 0.2) is 12.3 Å². The van der Waals surface area contributed by atoms with Crippen LogP contribution in [0, 0.1) is 0 Å². The molecule has 2 aromatic heterocycles. The van der Waals surface area contributed by atoms with Gasteiger partial charge in [0.05, 0.1) is 5.56 Å². The van der Waals surface area contributed by atoms with E-state index >= 15 is 0 Å². The van der Waals surface area contributed by atoms with Crippen LogP contribution >= 0.6 is 11.8 Å². The summed E-state index contributed by atoms with van der Waals surface area (Å²) in [5.74, 6) is 0.791. The summed E-state index contributed by atoms with van der Waals surface area (Å²) in [6.07, 6.45) is 2.17. The Morgan fingerprint density at radius 3 is 3.12 bits per heavy atom. The fourth-order valence-electron chi connectivity index (χ4n) is 2.83. The Hall–Kier alpha value is -1.67. The van der Waals surface area contributed by atoms with Crippen LogP contribution in [-0.4, -0.2) is 67.5 Å². The van der Waals surface area contributed by atoms with Crippen molar-refractivity contribution >= 4 is 28.9 Å². The molecule has 24 heavy (non-hydrogen) atoms. The molecule has 7 nitrogen and oxygen atoms in total. The van der Waals surface area contributed by atoms with E-state index in [1.807, 2.05) is 18.7 Å². The zero-order valence-corrected chi connectivity index (χ0v) is 15.1. The number of nitrogens with zero attached hydrogens (tertiary/aromatic N) is 4. The molecule has 0 radical (unpaired) electrons. The molecule has 3 rings (SSSR count). The van der Waals surface area contributed by atoms with Crippen molar-refractivity contribution in [1.82, 2.24) is 25.3 Å². The Bertz CT molecular complexity index is 717. The highest BCUT2D eigenvalue weighted by atomic mass is 32.2. The molecule has 3 heterocycles. The van der Waals surface area contributed by atoms with Crippen LogP contribution in [0.25, 0.3) is 11.2 Å². The summed E-state index contributed by atoms with van der Waals surface area (Å²) in [4.78, 5) is 18.8. The number of rotatable bonds is 5. The maximum absolute atomic E-state index is 12.2. The molecule has 8 heteroatoms. The summed E-state index contributed by atoms with van der Waals surface area (Å²) in [7, 11) is 0. The largest absolute Gasteiger partial charge is 0.459 e. The SMILES string of the molecule is CC(CCN1CCSC(C)(C)C1)OC(=O)c1cnc2n[nH]nc2c1. The number of hydrogen-bond donors (Lipinski definition) is 1. The molecule has 1 saturated heterocycles. The second kappa shape index (κ2) is 7.06. The molecule has 0 aliphatic carbocycles. The minimum Gasteiger partial charge on any atom is -0.459 e. The summed E-state index contributed by atoms with van der Waals surface area (Å²) < 4.78 is 5.84. The fraction of sp³-hybridized carbons (Fsp3) is 0.625. The van der Waals surface area contributed by atoms with Crippen molar-refractivity contribution in [3.05, 3.63) is 17.8 Å². The molecule has 2 aromatic rings. The number of pyridine rings is 1. The van der Waals surface area contributed by atoms with Crippen molar-refractivity contribution in [1.29, 1.82) is 0 Å². The van der Waals surface area contributed by atoms with Crippen molar-refractivity contribution in [3.8, 4) is 0 Å². The number of esters is 1. The molecule has 1 N–H and O–H groups in total. The van der Waals surface area contributed by atoms with Crippen LogP contribution in [0.1, 0.15) is 37.6 Å². The second-order valence-electron chi connectivity index (χ2n) is 6.78. The van der Waals surface area contributed by atoms with Crippen LogP contribution in [0.5, 0.6) is 0 Å². The highest BCUT2D eigenvalue weighted by Crippen LogP contribution is 2.29. The summed E-state index contributed by atoms with van der Waals surface area (Å²) in [6.45, 7) is 9.61. The predicted molar refractivity (Wildman–Crippen MR) is 94.2 cm³/mol. The van der Waals surface area contributed by atoms with E-state index in [1.165, 1.54) is 6.20 Å². The first-order chi connectivity index (χ1) is 11.4. The molecule has 130 valence electrons. The van der Waals surface area contributed by atoms with Crippen molar-refractivity contribution < 1.29 is 9.53 Å². The quantitative estimate of drug-likeness (QED) is 0.828. The van der Waals surface area contributed by atoms with Gasteiger partial charge in [-0.2, -0.15) is 22.1 Å². The lowest BCUT2D eigenvalue weighted by atomic mass is 10.1. The van der Waals surface area contributed by atoms with Gasteiger partial charge in [-0.3, -0.25) is 0 Å². The number of ether oxygens (including phenoxy) is 1. The second-order valence-corrected chi connectivity index (χ2v) is 8.58. The highest BCUT2D eigenvalue weighted by Gasteiger charge is 2.27. The predicted octanol–water partition coefficient (Wildman–Crippen LogP) is 2.12. The molecule has 0 spiro atoms. The summed E-state index contributed by atoms with van der Waals surface area (Å²) >= 11 is 2.02. The van der Waals surface area contributed by atoms with Gasteiger partial charge in [-0.15, -0.1) is 5.10 Å². The van der Waals surface area contributed by atoms with Gasteiger partial charge in [0, 0.05) is 36.3 Å². The molecular formula is C16H23N5O2S. The van der Waals surface area contributed by atoms with Crippen molar-refractivity contribution in [2.75, 3.05) is 25.4 Å². The molecule has 1 aliphatic rings. The smallest absolute Gasteiger partial charge is 0.340 e. The van der Waals surface area contributed by atoms with Crippen molar-refractivity contribution in [3.63, 3.8) is 0 Å². The Balaban J connectivity index is 1.50. The van der Waals surface area contributed by atoms with Crippen LogP contribution in [0.2, 0.25) is 0 Å². The van der Waals surface area contributed by atoms with Gasteiger partial charge >= 0.3 is 5.97 Å². The number of thioether (sulfide) groups is 1. The Labute approximate surface area is 145 Å². The van der Waals surface area contributed by atoms with Gasteiger partial charge in [-0.25, -0.2) is 9.78 Å². The van der Waals surface area contributed by atoms with Gasteiger partial charge in [0.2, 0.25) is 5.65 Å². The van der Waals surface area contributed by atoms with E-state index in [1.54, 1.807) is 6.07 Å². The van der Waals surface area contributed by atoms with Gasteiger partial charge in [-0.05, 0) is 33.3 Å². The lowest BCUT2D eigenvalue weighted by Crippen LogP contribution is -2.44. The average Bonchev–Trinajstić information content (AvgIpc) is 2.99. The Morgan fingerprint density at radius 1 is 1.50 bits per heavy atom. The van der Waals surface area contributed by atoms with E-state index in [0.717, 1.165) is 31.8 Å². The van der Waals surface area contributed by atoms with E-state index in [-0.39, 0.29) is 12.1 Å². The van der Waals surface area contributed by atoms with E-state index < -0.39 is 0 Å². The number of carbonyl (C=O) groups is 1. The molecule has 0 bridgehead atoms. The molecule has 1 fully saturated rings. The molecule has 1 atom stereocenters. The van der Waals surface area contributed by atoms with Gasteiger partial charge in [-0.1, -0.05) is 0 Å². The van der Waals surface area contributed by atoms with Gasteiger partial charge in [0.15, 0.2) is 0 Å². The van der Waals surface area contributed by atoms with E-state index in [0.29, 0.717) is 21.5 Å². The average molecular weight is 349 g/mol. The van der Waals surface area contributed by atoms with Crippen LogP contribution in [0.3, 0.4) is 0 Å². The van der Waals surface area contributed by atoms with Crippen LogP contribution < -0.4 is 0 Å². The van der Waals surface area contributed by atoms with Gasteiger partial charge in [0.1, 0.15) is 11.6 Å². The molecular weight excluding hydrogens is 326 g/mol. The lowest BCUT2D eigenvalue weighted by molar-refractivity contribution is 0.0300. The van der Waals surface area contributed by atoms with Crippen LogP contribution in [-0.2, 0) is 4.74 Å². The summed E-state index contributed by atoms with van der Waals surface area (Å²) in [6, 6.07) is 1.64. The van der Waals surface area contributed by atoms with E-state index in [9.17, 15) is 4.79 Å². The molecule has 0 amide bonds. The fourth-order valence-corrected chi connectivity index (χ4v) is 4.01. The Morgan fingerprint density at radius 2 is 2.33 bits per heavy atom. The van der Waals surface area contributed by atoms with Crippen molar-refractivity contribution in [2.45, 2.75) is 38.0 Å². The molecule has 1 unspecified atom stereocenters. The number of aromatic nitrogens is 4.